The van der Waals surface area contributed by atoms with Gasteiger partial charge in [0.15, 0.2) is 0 Å². The van der Waals surface area contributed by atoms with Gasteiger partial charge in [-0.1, -0.05) is 24.3 Å². The zero-order valence-electron chi connectivity index (χ0n) is 12.8. The van der Waals surface area contributed by atoms with E-state index in [-0.39, 0.29) is 4.90 Å². The number of rotatable bonds is 6. The molecule has 0 atom stereocenters. The van der Waals surface area contributed by atoms with Gasteiger partial charge < -0.3 is 5.32 Å². The highest BCUT2D eigenvalue weighted by molar-refractivity contribution is 7.92. The first kappa shape index (κ1) is 15.9. The quantitative estimate of drug-likeness (QED) is 0.721. The van der Waals surface area contributed by atoms with Gasteiger partial charge in [-0.2, -0.15) is 0 Å². The summed E-state index contributed by atoms with van der Waals surface area (Å²) in [6.45, 7) is 0.545. The van der Waals surface area contributed by atoms with E-state index in [2.05, 4.69) is 20.0 Å². The number of hydrogen-bond donors (Lipinski definition) is 2. The van der Waals surface area contributed by atoms with Gasteiger partial charge >= 0.3 is 0 Å². The van der Waals surface area contributed by atoms with Crippen molar-refractivity contribution < 1.29 is 8.42 Å². The van der Waals surface area contributed by atoms with Gasteiger partial charge in [-0.15, -0.1) is 0 Å². The largest absolute Gasteiger partial charge is 0.364 e. The molecule has 0 aliphatic rings. The van der Waals surface area contributed by atoms with Crippen LogP contribution in [0.25, 0.3) is 0 Å². The predicted molar refractivity (Wildman–Crippen MR) is 93.1 cm³/mol. The number of nitrogens with zero attached hydrogens (tertiary/aromatic N) is 2. The lowest BCUT2D eigenvalue weighted by atomic mass is 10.3. The molecule has 1 aromatic carbocycles. The highest BCUT2D eigenvalue weighted by atomic mass is 32.2. The number of nitrogens with one attached hydrogen (secondary N) is 2. The fraction of sp³-hybridized carbons (Fsp3) is 0.0588. The Morgan fingerprint density at radius 3 is 2.33 bits per heavy atom. The molecule has 2 aromatic heterocycles. The molecule has 0 aliphatic carbocycles. The van der Waals surface area contributed by atoms with Crippen LogP contribution in [-0.4, -0.2) is 18.4 Å². The van der Waals surface area contributed by atoms with E-state index in [9.17, 15) is 8.42 Å². The van der Waals surface area contributed by atoms with E-state index >= 15 is 0 Å². The fourth-order valence-corrected chi connectivity index (χ4v) is 3.12. The second-order valence-corrected chi connectivity index (χ2v) is 6.71. The molecule has 0 bridgehead atoms. The normalized spacial score (nSPS) is 11.0. The van der Waals surface area contributed by atoms with Crippen LogP contribution >= 0.6 is 0 Å². The van der Waals surface area contributed by atoms with Gasteiger partial charge in [0, 0.05) is 6.20 Å². The lowest BCUT2D eigenvalue weighted by Gasteiger charge is -2.09. The van der Waals surface area contributed by atoms with Gasteiger partial charge in [0.25, 0.3) is 10.0 Å². The van der Waals surface area contributed by atoms with Crippen molar-refractivity contribution in [1.82, 2.24) is 9.97 Å². The maximum absolute atomic E-state index is 12.2. The molecular formula is C17H16N4O2S. The van der Waals surface area contributed by atoms with Crippen LogP contribution in [0.1, 0.15) is 5.69 Å². The van der Waals surface area contributed by atoms with Crippen LogP contribution in [0.5, 0.6) is 0 Å². The third kappa shape index (κ3) is 4.08. The van der Waals surface area contributed by atoms with Crippen LogP contribution in [0, 0.1) is 0 Å². The molecule has 0 saturated heterocycles. The number of sulfonamides is 1. The van der Waals surface area contributed by atoms with E-state index in [1.165, 1.54) is 6.20 Å². The Morgan fingerprint density at radius 1 is 0.875 bits per heavy atom. The summed E-state index contributed by atoms with van der Waals surface area (Å²) in [4.78, 5) is 8.63. The first-order valence-corrected chi connectivity index (χ1v) is 8.79. The van der Waals surface area contributed by atoms with Crippen molar-refractivity contribution >= 4 is 21.5 Å². The summed E-state index contributed by atoms with van der Waals surface area (Å²) in [6, 6.07) is 17.3. The molecule has 0 aliphatic heterocycles. The Morgan fingerprint density at radius 2 is 1.67 bits per heavy atom. The van der Waals surface area contributed by atoms with Crippen molar-refractivity contribution in [3.63, 3.8) is 0 Å². The molecule has 24 heavy (non-hydrogen) atoms. The summed E-state index contributed by atoms with van der Waals surface area (Å²) >= 11 is 0. The van der Waals surface area contributed by atoms with E-state index in [4.69, 9.17) is 0 Å². The van der Waals surface area contributed by atoms with Gasteiger partial charge in [-0.25, -0.2) is 13.4 Å². The molecule has 7 heteroatoms. The molecule has 0 saturated carbocycles. The number of pyridine rings is 2. The van der Waals surface area contributed by atoms with Crippen LogP contribution < -0.4 is 10.0 Å². The molecule has 0 spiro atoms. The highest BCUT2D eigenvalue weighted by Gasteiger charge is 2.13. The Bertz CT molecular complexity index is 883. The summed E-state index contributed by atoms with van der Waals surface area (Å²) in [5.41, 5.74) is 1.30. The Kier molecular flexibility index (Phi) is 4.72. The molecule has 3 rings (SSSR count). The number of anilines is 2. The topological polar surface area (TPSA) is 84.0 Å². The highest BCUT2D eigenvalue weighted by Crippen LogP contribution is 2.16. The molecule has 0 unspecified atom stereocenters. The molecule has 0 amide bonds. The zero-order valence-corrected chi connectivity index (χ0v) is 13.6. The van der Waals surface area contributed by atoms with Crippen LogP contribution in [0.15, 0.2) is 78.0 Å². The second-order valence-electron chi connectivity index (χ2n) is 5.03. The van der Waals surface area contributed by atoms with Gasteiger partial charge in [0.1, 0.15) is 5.82 Å². The van der Waals surface area contributed by atoms with Gasteiger partial charge in [0.05, 0.1) is 29.0 Å². The smallest absolute Gasteiger partial charge is 0.261 e. The van der Waals surface area contributed by atoms with Crippen molar-refractivity contribution in [2.75, 3.05) is 10.0 Å². The second kappa shape index (κ2) is 7.10. The lowest BCUT2D eigenvalue weighted by molar-refractivity contribution is 0.601. The molecular weight excluding hydrogens is 324 g/mol. The summed E-state index contributed by atoms with van der Waals surface area (Å²) in [5.74, 6) is 0.642. The molecule has 2 heterocycles. The average Bonchev–Trinajstić information content (AvgIpc) is 2.62. The van der Waals surface area contributed by atoms with Crippen molar-refractivity contribution in [2.24, 2.45) is 0 Å². The first-order chi connectivity index (χ1) is 11.6. The van der Waals surface area contributed by atoms with Crippen molar-refractivity contribution in [3.05, 3.63) is 78.8 Å². The zero-order chi connectivity index (χ0) is 16.8. The van der Waals surface area contributed by atoms with Gasteiger partial charge in [-0.3, -0.25) is 9.71 Å². The minimum Gasteiger partial charge on any atom is -0.364 e. The van der Waals surface area contributed by atoms with Crippen LogP contribution in [0.4, 0.5) is 11.5 Å². The minimum atomic E-state index is -3.60. The van der Waals surface area contributed by atoms with Crippen LogP contribution in [0.2, 0.25) is 0 Å². The van der Waals surface area contributed by atoms with Gasteiger partial charge in [0.2, 0.25) is 0 Å². The Balaban J connectivity index is 1.64. The molecule has 3 aromatic rings. The molecule has 2 N–H and O–H groups in total. The van der Waals surface area contributed by atoms with Crippen molar-refractivity contribution in [1.29, 1.82) is 0 Å². The summed E-state index contributed by atoms with van der Waals surface area (Å²) in [7, 11) is -3.60. The third-order valence-electron chi connectivity index (χ3n) is 3.25. The Labute approximate surface area is 140 Å². The first-order valence-electron chi connectivity index (χ1n) is 7.31. The van der Waals surface area contributed by atoms with Crippen molar-refractivity contribution in [2.45, 2.75) is 11.4 Å². The van der Waals surface area contributed by atoms with E-state index < -0.39 is 10.0 Å². The summed E-state index contributed by atoms with van der Waals surface area (Å²) in [5, 5.41) is 3.13. The standard InChI is InChI=1S/C17H16N4O2S/c22-24(23,16-7-2-1-3-8-16)21-15-9-10-17(20-13-15)19-12-14-6-4-5-11-18-14/h1-11,13,21H,12H2,(H,19,20). The van der Waals surface area contributed by atoms with E-state index in [0.29, 0.717) is 18.1 Å². The van der Waals surface area contributed by atoms with Gasteiger partial charge in [-0.05, 0) is 36.4 Å². The SMILES string of the molecule is O=S(=O)(Nc1ccc(NCc2ccccn2)nc1)c1ccccc1. The van der Waals surface area contributed by atoms with E-state index in [1.54, 1.807) is 48.7 Å². The molecule has 0 radical (unpaired) electrons. The lowest BCUT2D eigenvalue weighted by Crippen LogP contribution is -2.13. The van der Waals surface area contributed by atoms with Crippen molar-refractivity contribution in [3.8, 4) is 0 Å². The monoisotopic (exact) mass is 340 g/mol. The maximum Gasteiger partial charge on any atom is 0.261 e. The van der Waals surface area contributed by atoms with Crippen LogP contribution in [0.3, 0.4) is 0 Å². The fourth-order valence-electron chi connectivity index (χ4n) is 2.06. The molecule has 122 valence electrons. The van der Waals surface area contributed by atoms with E-state index in [0.717, 1.165) is 5.69 Å². The predicted octanol–water partition coefficient (Wildman–Crippen LogP) is 2.89. The number of hydrogen-bond acceptors (Lipinski definition) is 5. The molecule has 0 fully saturated rings. The minimum absolute atomic E-state index is 0.211. The maximum atomic E-state index is 12.2. The van der Waals surface area contributed by atoms with Crippen LogP contribution in [-0.2, 0) is 16.6 Å². The molecule has 6 nitrogen and oxygen atoms in total. The number of benzene rings is 1. The summed E-state index contributed by atoms with van der Waals surface area (Å²) < 4.78 is 27.0. The summed E-state index contributed by atoms with van der Waals surface area (Å²) in [6.07, 6.45) is 3.20. The van der Waals surface area contributed by atoms with E-state index in [1.807, 2.05) is 18.2 Å². The third-order valence-corrected chi connectivity index (χ3v) is 4.64. The number of aromatic nitrogens is 2. The Hall–Kier alpha value is -2.93. The average molecular weight is 340 g/mol.